The number of rotatable bonds is 6. The molecule has 0 bridgehead atoms. The Morgan fingerprint density at radius 3 is 2.81 bits per heavy atom. The highest BCUT2D eigenvalue weighted by Crippen LogP contribution is 2.29. The van der Waals surface area contributed by atoms with Crippen molar-refractivity contribution in [1.82, 2.24) is 5.32 Å². The summed E-state index contributed by atoms with van der Waals surface area (Å²) >= 11 is 0. The molecule has 0 aliphatic heterocycles. The molecular weight excluding hydrogens is 276 g/mol. The molecule has 0 saturated carbocycles. The Morgan fingerprint density at radius 1 is 1.57 bits per heavy atom. The average molecular weight is 290 g/mol. The smallest absolute Gasteiger partial charge is 0.273 e. The van der Waals surface area contributed by atoms with Gasteiger partial charge >= 0.3 is 0 Å². The molecule has 0 aliphatic rings. The molecule has 0 aromatic heterocycles. The summed E-state index contributed by atoms with van der Waals surface area (Å²) in [6, 6.07) is 5.53. The molecule has 21 heavy (non-hydrogen) atoms. The Hall–Kier alpha value is -3.08. The molecule has 0 fully saturated rings. The van der Waals surface area contributed by atoms with Crippen LogP contribution in [-0.4, -0.2) is 24.5 Å². The van der Waals surface area contributed by atoms with Crippen LogP contribution in [0, 0.1) is 21.4 Å². The molecule has 2 N–H and O–H groups in total. The molecular formula is C13H14N4O4. The minimum absolute atomic E-state index is 0.114. The van der Waals surface area contributed by atoms with Crippen molar-refractivity contribution in [3.8, 4) is 11.8 Å². The predicted molar refractivity (Wildman–Crippen MR) is 75.7 cm³/mol. The van der Waals surface area contributed by atoms with E-state index in [2.05, 4.69) is 10.6 Å². The molecule has 8 nitrogen and oxygen atoms in total. The summed E-state index contributed by atoms with van der Waals surface area (Å²) in [5.41, 5.74) is -0.0310. The monoisotopic (exact) mass is 290 g/mol. The van der Waals surface area contributed by atoms with Gasteiger partial charge in [-0.2, -0.15) is 5.26 Å². The van der Waals surface area contributed by atoms with Crippen molar-refractivity contribution in [2.45, 2.75) is 6.92 Å². The first-order valence-corrected chi connectivity index (χ1v) is 6.00. The van der Waals surface area contributed by atoms with Gasteiger partial charge in [-0.25, -0.2) is 0 Å². The zero-order valence-electron chi connectivity index (χ0n) is 11.5. The first-order chi connectivity index (χ1) is 10.0. The Morgan fingerprint density at radius 2 is 2.29 bits per heavy atom. The van der Waals surface area contributed by atoms with Gasteiger partial charge in [0.1, 0.15) is 17.4 Å². The number of nitrogens with zero attached hydrogens (tertiary/aromatic N) is 2. The van der Waals surface area contributed by atoms with Crippen molar-refractivity contribution in [1.29, 1.82) is 5.26 Å². The number of carbonyl (C=O) groups is 1. The molecule has 0 saturated heterocycles. The third kappa shape index (κ3) is 4.21. The second-order valence-electron chi connectivity index (χ2n) is 3.82. The van der Waals surface area contributed by atoms with Crippen LogP contribution in [0.1, 0.15) is 6.92 Å². The lowest BCUT2D eigenvalue weighted by Crippen LogP contribution is -2.17. The van der Waals surface area contributed by atoms with Crippen LogP contribution in [0.15, 0.2) is 30.0 Å². The molecule has 0 aliphatic carbocycles. The number of ether oxygens (including phenoxy) is 1. The normalized spacial score (nSPS) is 10.4. The summed E-state index contributed by atoms with van der Waals surface area (Å²) < 4.78 is 4.99. The fraction of sp³-hybridized carbons (Fsp3) is 0.231. The van der Waals surface area contributed by atoms with Gasteiger partial charge < -0.3 is 15.4 Å². The maximum Gasteiger partial charge on any atom is 0.273 e. The molecule has 1 aromatic rings. The standard InChI is InChI=1S/C13H14N4O4/c1-3-15-8-9(7-14)13(18)16-11-5-4-10(17(19)20)6-12(11)21-2/h4-6,8,15H,3H2,1-2H3,(H,16,18)/b9-8-. The minimum atomic E-state index is -0.634. The second-order valence-corrected chi connectivity index (χ2v) is 3.82. The van der Waals surface area contributed by atoms with Gasteiger partial charge in [-0.3, -0.25) is 14.9 Å². The number of non-ortho nitro benzene ring substituents is 1. The highest BCUT2D eigenvalue weighted by molar-refractivity contribution is 6.07. The van der Waals surface area contributed by atoms with Crippen LogP contribution in [0.25, 0.3) is 0 Å². The summed E-state index contributed by atoms with van der Waals surface area (Å²) in [6.07, 6.45) is 1.30. The Kier molecular flexibility index (Phi) is 5.70. The zero-order valence-corrected chi connectivity index (χ0v) is 11.5. The fourth-order valence-corrected chi connectivity index (χ4v) is 1.44. The lowest BCUT2D eigenvalue weighted by molar-refractivity contribution is -0.384. The quantitative estimate of drug-likeness (QED) is 0.355. The minimum Gasteiger partial charge on any atom is -0.494 e. The van der Waals surface area contributed by atoms with Crippen LogP contribution >= 0.6 is 0 Å². The van der Waals surface area contributed by atoms with E-state index in [1.165, 1.54) is 31.5 Å². The van der Waals surface area contributed by atoms with Crippen LogP contribution in [-0.2, 0) is 4.79 Å². The third-order valence-corrected chi connectivity index (χ3v) is 2.46. The van der Waals surface area contributed by atoms with Crippen molar-refractivity contribution in [3.63, 3.8) is 0 Å². The number of nitro benzene ring substituents is 1. The van der Waals surface area contributed by atoms with E-state index in [1.54, 1.807) is 6.07 Å². The molecule has 8 heteroatoms. The lowest BCUT2D eigenvalue weighted by atomic mass is 10.2. The number of methoxy groups -OCH3 is 1. The summed E-state index contributed by atoms with van der Waals surface area (Å²) in [7, 11) is 1.33. The van der Waals surface area contributed by atoms with Gasteiger partial charge in [0.25, 0.3) is 11.6 Å². The second kappa shape index (κ2) is 7.49. The maximum absolute atomic E-state index is 11.9. The van der Waals surface area contributed by atoms with Crippen LogP contribution < -0.4 is 15.4 Å². The molecule has 1 rings (SSSR count). The van der Waals surface area contributed by atoms with E-state index in [4.69, 9.17) is 10.00 Å². The van der Waals surface area contributed by atoms with E-state index < -0.39 is 10.8 Å². The predicted octanol–water partition coefficient (Wildman–Crippen LogP) is 1.56. The maximum atomic E-state index is 11.9. The van der Waals surface area contributed by atoms with Crippen molar-refractivity contribution >= 4 is 17.3 Å². The van der Waals surface area contributed by atoms with Crippen LogP contribution in [0.2, 0.25) is 0 Å². The van der Waals surface area contributed by atoms with Gasteiger partial charge in [0.2, 0.25) is 0 Å². The largest absolute Gasteiger partial charge is 0.494 e. The summed E-state index contributed by atoms with van der Waals surface area (Å²) in [6.45, 7) is 2.39. The van der Waals surface area contributed by atoms with Crippen LogP contribution in [0.4, 0.5) is 11.4 Å². The van der Waals surface area contributed by atoms with E-state index in [9.17, 15) is 14.9 Å². The molecule has 110 valence electrons. The number of carbonyl (C=O) groups excluding carboxylic acids is 1. The van der Waals surface area contributed by atoms with Gasteiger partial charge in [-0.15, -0.1) is 0 Å². The molecule has 1 amide bonds. The van der Waals surface area contributed by atoms with E-state index >= 15 is 0 Å². The topological polar surface area (TPSA) is 117 Å². The van der Waals surface area contributed by atoms with Crippen LogP contribution in [0.3, 0.4) is 0 Å². The van der Waals surface area contributed by atoms with E-state index in [0.29, 0.717) is 6.54 Å². The number of nitriles is 1. The number of benzene rings is 1. The third-order valence-electron chi connectivity index (χ3n) is 2.46. The van der Waals surface area contributed by atoms with Crippen molar-refractivity contribution < 1.29 is 14.5 Å². The number of hydrogen-bond acceptors (Lipinski definition) is 6. The van der Waals surface area contributed by atoms with E-state index in [0.717, 1.165) is 0 Å². The number of anilines is 1. The summed E-state index contributed by atoms with van der Waals surface area (Å²) in [4.78, 5) is 22.0. The van der Waals surface area contributed by atoms with Crippen molar-refractivity contribution in [2.24, 2.45) is 0 Å². The van der Waals surface area contributed by atoms with E-state index in [1.807, 2.05) is 6.92 Å². The molecule has 0 unspecified atom stereocenters. The van der Waals surface area contributed by atoms with Gasteiger partial charge in [-0.05, 0) is 13.0 Å². The number of hydrogen-bond donors (Lipinski definition) is 2. The molecule has 0 radical (unpaired) electrons. The Labute approximate surface area is 121 Å². The number of nitrogens with one attached hydrogen (secondary N) is 2. The van der Waals surface area contributed by atoms with E-state index in [-0.39, 0.29) is 22.7 Å². The first kappa shape index (κ1) is 16.0. The Bertz CT molecular complexity index is 619. The number of amides is 1. The lowest BCUT2D eigenvalue weighted by Gasteiger charge is -2.09. The van der Waals surface area contributed by atoms with Crippen LogP contribution in [0.5, 0.6) is 5.75 Å². The molecule has 1 aromatic carbocycles. The first-order valence-electron chi connectivity index (χ1n) is 6.00. The highest BCUT2D eigenvalue weighted by Gasteiger charge is 2.15. The average Bonchev–Trinajstić information content (AvgIpc) is 2.48. The number of nitro groups is 1. The zero-order chi connectivity index (χ0) is 15.8. The van der Waals surface area contributed by atoms with Gasteiger partial charge in [-0.1, -0.05) is 0 Å². The highest BCUT2D eigenvalue weighted by atomic mass is 16.6. The molecule has 0 spiro atoms. The Balaban J connectivity index is 3.00. The van der Waals surface area contributed by atoms with Gasteiger partial charge in [0, 0.05) is 18.8 Å². The van der Waals surface area contributed by atoms with Crippen molar-refractivity contribution in [2.75, 3.05) is 19.0 Å². The summed E-state index contributed by atoms with van der Waals surface area (Å²) in [5, 5.41) is 24.8. The van der Waals surface area contributed by atoms with Gasteiger partial charge in [0.05, 0.1) is 23.8 Å². The van der Waals surface area contributed by atoms with Crippen molar-refractivity contribution in [3.05, 3.63) is 40.1 Å². The molecule has 0 heterocycles. The van der Waals surface area contributed by atoms with Gasteiger partial charge in [0.15, 0.2) is 0 Å². The summed E-state index contributed by atoms with van der Waals surface area (Å²) in [5.74, 6) is -0.496. The fourth-order valence-electron chi connectivity index (χ4n) is 1.44. The molecule has 0 atom stereocenters. The SMILES string of the molecule is CCN/C=C(/C#N)C(=O)Nc1ccc([N+](=O)[O-])cc1OC.